The van der Waals surface area contributed by atoms with Crippen LogP contribution < -0.4 is 15.8 Å². The van der Waals surface area contributed by atoms with E-state index < -0.39 is 0 Å². The first-order valence-corrected chi connectivity index (χ1v) is 6.80. The third-order valence-corrected chi connectivity index (χ3v) is 3.27. The fourth-order valence-electron chi connectivity index (χ4n) is 1.55. The quantitative estimate of drug-likeness (QED) is 0.878. The fraction of sp³-hybridized carbons (Fsp3) is 0.231. The summed E-state index contributed by atoms with van der Waals surface area (Å²) in [6, 6.07) is 7.30. The van der Waals surface area contributed by atoms with Gasteiger partial charge in [0.2, 0.25) is 0 Å². The van der Waals surface area contributed by atoms with Gasteiger partial charge in [0, 0.05) is 11.9 Å². The normalized spacial score (nSPS) is 10.2. The highest BCUT2D eigenvalue weighted by Crippen LogP contribution is 2.24. The molecule has 0 aliphatic carbocycles. The van der Waals surface area contributed by atoms with Gasteiger partial charge >= 0.3 is 0 Å². The molecule has 0 fully saturated rings. The minimum atomic E-state index is -0.261. The van der Waals surface area contributed by atoms with Crippen LogP contribution in [-0.4, -0.2) is 17.5 Å². The van der Waals surface area contributed by atoms with Gasteiger partial charge in [-0.2, -0.15) is 0 Å². The Hall–Kier alpha value is -1.92. The Kier molecular flexibility index (Phi) is 4.48. The van der Waals surface area contributed by atoms with Crippen molar-refractivity contribution in [3.63, 3.8) is 0 Å². The van der Waals surface area contributed by atoms with Crippen LogP contribution in [0, 0.1) is 0 Å². The molecule has 0 atom stereocenters. The Bertz CT molecular complexity index is 569. The van der Waals surface area contributed by atoms with E-state index in [9.17, 15) is 4.79 Å². The van der Waals surface area contributed by atoms with Crippen molar-refractivity contribution in [2.24, 2.45) is 5.73 Å². The lowest BCUT2D eigenvalue weighted by atomic mass is 10.3. The number of benzene rings is 1. The van der Waals surface area contributed by atoms with Crippen LogP contribution in [0.1, 0.15) is 22.4 Å². The van der Waals surface area contributed by atoms with Crippen molar-refractivity contribution in [2.45, 2.75) is 13.5 Å². The summed E-state index contributed by atoms with van der Waals surface area (Å²) in [5, 5.41) is 5.22. The molecule has 1 aromatic carbocycles. The highest BCUT2D eigenvalue weighted by atomic mass is 32.1. The Morgan fingerprint density at radius 1 is 1.47 bits per heavy atom. The minimum absolute atomic E-state index is 0.261. The standard InChI is InChI=1S/C13H15N3O2S/c1-2-18-11-6-4-3-5-9(11)16-13(17)10-8-19-12(7-14)15-10/h3-6,8H,2,7,14H2,1H3,(H,16,17). The number of rotatable bonds is 5. The van der Waals surface area contributed by atoms with Crippen LogP contribution in [0.2, 0.25) is 0 Å². The molecule has 0 radical (unpaired) electrons. The molecule has 1 aromatic heterocycles. The molecule has 1 heterocycles. The lowest BCUT2D eigenvalue weighted by Gasteiger charge is -2.10. The van der Waals surface area contributed by atoms with Crippen molar-refractivity contribution in [1.82, 2.24) is 4.98 Å². The van der Waals surface area contributed by atoms with Crippen molar-refractivity contribution < 1.29 is 9.53 Å². The van der Waals surface area contributed by atoms with Crippen molar-refractivity contribution in [2.75, 3.05) is 11.9 Å². The van der Waals surface area contributed by atoms with E-state index in [1.807, 2.05) is 25.1 Å². The summed E-state index contributed by atoms with van der Waals surface area (Å²) in [6.07, 6.45) is 0. The van der Waals surface area contributed by atoms with Crippen LogP contribution in [-0.2, 0) is 6.54 Å². The molecule has 6 heteroatoms. The Morgan fingerprint density at radius 3 is 2.95 bits per heavy atom. The maximum Gasteiger partial charge on any atom is 0.275 e. The molecule has 0 bridgehead atoms. The third kappa shape index (κ3) is 3.30. The largest absolute Gasteiger partial charge is 0.492 e. The first-order valence-electron chi connectivity index (χ1n) is 5.92. The second-order valence-corrected chi connectivity index (χ2v) is 4.66. The molecular weight excluding hydrogens is 262 g/mol. The van der Waals surface area contributed by atoms with Gasteiger partial charge in [-0.1, -0.05) is 12.1 Å². The zero-order valence-corrected chi connectivity index (χ0v) is 11.4. The highest BCUT2D eigenvalue weighted by molar-refractivity contribution is 7.09. The number of amides is 1. The topological polar surface area (TPSA) is 77.2 Å². The molecule has 2 rings (SSSR count). The number of hydrogen-bond donors (Lipinski definition) is 2. The Morgan fingerprint density at radius 2 is 2.26 bits per heavy atom. The maximum absolute atomic E-state index is 12.0. The second-order valence-electron chi connectivity index (χ2n) is 3.71. The van der Waals surface area contributed by atoms with E-state index >= 15 is 0 Å². The number of thiazole rings is 1. The van der Waals surface area contributed by atoms with E-state index in [4.69, 9.17) is 10.5 Å². The molecule has 0 aliphatic heterocycles. The summed E-state index contributed by atoms with van der Waals surface area (Å²) in [5.74, 6) is 0.385. The molecule has 3 N–H and O–H groups in total. The molecule has 2 aromatic rings. The molecule has 0 saturated carbocycles. The first kappa shape index (κ1) is 13.5. The van der Waals surface area contributed by atoms with Gasteiger partial charge in [0.05, 0.1) is 12.3 Å². The molecule has 0 saturated heterocycles. The highest BCUT2D eigenvalue weighted by Gasteiger charge is 2.12. The molecule has 19 heavy (non-hydrogen) atoms. The third-order valence-electron chi connectivity index (χ3n) is 2.39. The molecule has 100 valence electrons. The number of carbonyl (C=O) groups is 1. The van der Waals surface area contributed by atoms with Crippen molar-refractivity contribution in [3.05, 3.63) is 40.3 Å². The molecule has 5 nitrogen and oxygen atoms in total. The predicted molar refractivity (Wildman–Crippen MR) is 75.6 cm³/mol. The average molecular weight is 277 g/mol. The molecule has 0 unspecified atom stereocenters. The fourth-order valence-corrected chi connectivity index (χ4v) is 2.20. The van der Waals surface area contributed by atoms with Crippen LogP contribution in [0.15, 0.2) is 29.6 Å². The van der Waals surface area contributed by atoms with Crippen LogP contribution in [0.5, 0.6) is 5.75 Å². The predicted octanol–water partition coefficient (Wildman–Crippen LogP) is 2.25. The Balaban J connectivity index is 2.14. The summed E-state index contributed by atoms with van der Waals surface area (Å²) in [4.78, 5) is 16.2. The van der Waals surface area contributed by atoms with Gasteiger partial charge in [-0.05, 0) is 19.1 Å². The van der Waals surface area contributed by atoms with E-state index in [-0.39, 0.29) is 5.91 Å². The Labute approximate surface area is 115 Å². The number of nitrogens with two attached hydrogens (primary N) is 1. The lowest BCUT2D eigenvalue weighted by Crippen LogP contribution is -2.13. The maximum atomic E-state index is 12.0. The average Bonchev–Trinajstić information content (AvgIpc) is 2.90. The van der Waals surface area contributed by atoms with E-state index in [0.717, 1.165) is 5.01 Å². The molecule has 0 aliphatic rings. The summed E-state index contributed by atoms with van der Waals surface area (Å²) in [7, 11) is 0. The van der Waals surface area contributed by atoms with Crippen molar-refractivity contribution in [1.29, 1.82) is 0 Å². The molecule has 1 amide bonds. The molecular formula is C13H15N3O2S. The summed E-state index contributed by atoms with van der Waals surface area (Å²) >= 11 is 1.37. The number of nitrogens with one attached hydrogen (secondary N) is 1. The second kappa shape index (κ2) is 6.31. The smallest absolute Gasteiger partial charge is 0.275 e. The van der Waals surface area contributed by atoms with E-state index in [1.165, 1.54) is 11.3 Å². The number of aromatic nitrogens is 1. The van der Waals surface area contributed by atoms with Gasteiger partial charge in [-0.3, -0.25) is 4.79 Å². The summed E-state index contributed by atoms with van der Waals surface area (Å²) in [6.45, 7) is 2.78. The minimum Gasteiger partial charge on any atom is -0.492 e. The number of carbonyl (C=O) groups excluding carboxylic acids is 1. The van der Waals surface area contributed by atoms with E-state index in [2.05, 4.69) is 10.3 Å². The van der Waals surface area contributed by atoms with Gasteiger partial charge in [0.15, 0.2) is 0 Å². The van der Waals surface area contributed by atoms with E-state index in [0.29, 0.717) is 30.3 Å². The lowest BCUT2D eigenvalue weighted by molar-refractivity contribution is 0.102. The van der Waals surface area contributed by atoms with Crippen molar-refractivity contribution >= 4 is 22.9 Å². The van der Waals surface area contributed by atoms with Gasteiger partial charge in [0.1, 0.15) is 16.5 Å². The first-order chi connectivity index (χ1) is 9.24. The monoisotopic (exact) mass is 277 g/mol. The van der Waals surface area contributed by atoms with E-state index in [1.54, 1.807) is 11.4 Å². The zero-order valence-electron chi connectivity index (χ0n) is 10.6. The van der Waals surface area contributed by atoms with Gasteiger partial charge in [-0.25, -0.2) is 4.98 Å². The number of nitrogens with zero attached hydrogens (tertiary/aromatic N) is 1. The number of ether oxygens (including phenoxy) is 1. The van der Waals surface area contributed by atoms with Crippen LogP contribution in [0.4, 0.5) is 5.69 Å². The van der Waals surface area contributed by atoms with Crippen LogP contribution >= 0.6 is 11.3 Å². The summed E-state index contributed by atoms with van der Waals surface area (Å²) in [5.41, 5.74) is 6.48. The van der Waals surface area contributed by atoms with Gasteiger partial charge < -0.3 is 15.8 Å². The van der Waals surface area contributed by atoms with Crippen LogP contribution in [0.3, 0.4) is 0 Å². The molecule has 0 spiro atoms. The number of anilines is 1. The summed E-state index contributed by atoms with van der Waals surface area (Å²) < 4.78 is 5.45. The number of hydrogen-bond acceptors (Lipinski definition) is 5. The van der Waals surface area contributed by atoms with Gasteiger partial charge in [0.25, 0.3) is 5.91 Å². The van der Waals surface area contributed by atoms with Crippen LogP contribution in [0.25, 0.3) is 0 Å². The van der Waals surface area contributed by atoms with Crippen molar-refractivity contribution in [3.8, 4) is 5.75 Å². The SMILES string of the molecule is CCOc1ccccc1NC(=O)c1csc(CN)n1. The zero-order chi connectivity index (χ0) is 13.7. The number of para-hydroxylation sites is 2. The van der Waals surface area contributed by atoms with Gasteiger partial charge in [-0.15, -0.1) is 11.3 Å².